The molecule has 0 saturated carbocycles. The van der Waals surface area contributed by atoms with E-state index in [-0.39, 0.29) is 29.9 Å². The van der Waals surface area contributed by atoms with Gasteiger partial charge in [0.25, 0.3) is 0 Å². The molecule has 0 bridgehead atoms. The summed E-state index contributed by atoms with van der Waals surface area (Å²) in [4.78, 5) is 23.2. The van der Waals surface area contributed by atoms with Crippen LogP contribution >= 0.6 is 12.4 Å². The van der Waals surface area contributed by atoms with Gasteiger partial charge < -0.3 is 16.4 Å². The summed E-state index contributed by atoms with van der Waals surface area (Å²) in [5.41, 5.74) is 7.02. The second-order valence-electron chi connectivity index (χ2n) is 5.30. The molecule has 1 heterocycles. The van der Waals surface area contributed by atoms with E-state index in [1.807, 2.05) is 13.8 Å². The van der Waals surface area contributed by atoms with Crippen LogP contribution in [0.4, 0.5) is 15.8 Å². The fraction of sp³-hybridized carbons (Fsp3) is 0.429. The van der Waals surface area contributed by atoms with Gasteiger partial charge in [0.2, 0.25) is 11.8 Å². The molecule has 116 valence electrons. The molecule has 21 heavy (non-hydrogen) atoms. The number of halogens is 2. The topological polar surface area (TPSA) is 84.2 Å². The highest BCUT2D eigenvalue weighted by Crippen LogP contribution is 2.28. The fourth-order valence-electron chi connectivity index (χ4n) is 2.01. The first-order valence-corrected chi connectivity index (χ1v) is 6.57. The first kappa shape index (κ1) is 17.4. The zero-order valence-electron chi connectivity index (χ0n) is 11.9. The van der Waals surface area contributed by atoms with Crippen molar-refractivity contribution in [1.82, 2.24) is 0 Å². The van der Waals surface area contributed by atoms with Gasteiger partial charge in [-0.3, -0.25) is 9.59 Å². The van der Waals surface area contributed by atoms with Crippen molar-refractivity contribution < 1.29 is 14.0 Å². The third kappa shape index (κ3) is 3.92. The van der Waals surface area contributed by atoms with Crippen LogP contribution in [0.5, 0.6) is 0 Å². The van der Waals surface area contributed by atoms with E-state index in [9.17, 15) is 14.0 Å². The predicted octanol–water partition coefficient (Wildman–Crippen LogP) is 2.05. The van der Waals surface area contributed by atoms with Gasteiger partial charge in [-0.15, -0.1) is 12.4 Å². The third-order valence-electron chi connectivity index (χ3n) is 3.37. The van der Waals surface area contributed by atoms with E-state index in [0.29, 0.717) is 18.5 Å². The van der Waals surface area contributed by atoms with Crippen LogP contribution in [0, 0.1) is 11.7 Å². The Hall–Kier alpha value is -1.66. The normalized spacial score (nSPS) is 14.8. The van der Waals surface area contributed by atoms with Crippen molar-refractivity contribution in [1.29, 1.82) is 0 Å². The molecular formula is C14H19ClFN3O2. The summed E-state index contributed by atoms with van der Waals surface area (Å²) in [6.07, 6.45) is 0.841. The quantitative estimate of drug-likeness (QED) is 0.798. The molecule has 2 amide bonds. The zero-order chi connectivity index (χ0) is 14.9. The van der Waals surface area contributed by atoms with Crippen LogP contribution in [0.2, 0.25) is 0 Å². The Morgan fingerprint density at radius 2 is 2.05 bits per heavy atom. The van der Waals surface area contributed by atoms with Crippen LogP contribution in [0.15, 0.2) is 12.1 Å². The van der Waals surface area contributed by atoms with E-state index >= 15 is 0 Å². The number of rotatable bonds is 3. The minimum Gasteiger partial charge on any atom is -0.326 e. The van der Waals surface area contributed by atoms with Crippen LogP contribution in [0.1, 0.15) is 25.8 Å². The van der Waals surface area contributed by atoms with Gasteiger partial charge in [0.15, 0.2) is 0 Å². The molecule has 0 radical (unpaired) electrons. The Morgan fingerprint density at radius 1 is 1.38 bits per heavy atom. The van der Waals surface area contributed by atoms with Gasteiger partial charge >= 0.3 is 0 Å². The van der Waals surface area contributed by atoms with E-state index in [4.69, 9.17) is 5.73 Å². The maximum absolute atomic E-state index is 13.9. The number of carbonyl (C=O) groups is 2. The molecular weight excluding hydrogens is 297 g/mol. The van der Waals surface area contributed by atoms with Crippen molar-refractivity contribution in [2.24, 2.45) is 11.7 Å². The number of amides is 2. The number of carbonyl (C=O) groups excluding carboxylic acids is 2. The number of benzene rings is 1. The molecule has 0 fully saturated rings. The number of nitrogens with one attached hydrogen (secondary N) is 2. The molecule has 5 nitrogen and oxygen atoms in total. The minimum absolute atomic E-state index is 0. The molecule has 2 rings (SSSR count). The van der Waals surface area contributed by atoms with Gasteiger partial charge in [0, 0.05) is 12.1 Å². The van der Waals surface area contributed by atoms with E-state index in [1.165, 1.54) is 12.1 Å². The van der Waals surface area contributed by atoms with Crippen molar-refractivity contribution in [3.63, 3.8) is 0 Å². The van der Waals surface area contributed by atoms with Crippen molar-refractivity contribution in [3.8, 4) is 0 Å². The number of hydrogen-bond acceptors (Lipinski definition) is 3. The fourth-order valence-corrected chi connectivity index (χ4v) is 2.01. The summed E-state index contributed by atoms with van der Waals surface area (Å²) in [6, 6.07) is 2.07. The summed E-state index contributed by atoms with van der Waals surface area (Å²) in [7, 11) is 0. The standard InChI is InChI=1S/C14H18FN3O2.ClH/c1-7(2)13(16)14(20)18-11-6-10-8(5-9(11)15)3-4-12(19)17-10;/h5-7,13H,3-4,16H2,1-2H3,(H,17,19)(H,18,20);1H/t13-;/m1./s1. The molecule has 0 aliphatic carbocycles. The lowest BCUT2D eigenvalue weighted by atomic mass is 10.0. The number of nitrogens with two attached hydrogens (primary N) is 1. The van der Waals surface area contributed by atoms with Crippen LogP contribution in [0.25, 0.3) is 0 Å². The van der Waals surface area contributed by atoms with Crippen LogP contribution in [0.3, 0.4) is 0 Å². The Kier molecular flexibility index (Phi) is 5.69. The molecule has 1 aliphatic heterocycles. The first-order chi connectivity index (χ1) is 9.38. The smallest absolute Gasteiger partial charge is 0.241 e. The second kappa shape index (κ2) is 6.87. The molecule has 7 heteroatoms. The molecule has 4 N–H and O–H groups in total. The molecule has 1 aromatic carbocycles. The molecule has 0 spiro atoms. The number of anilines is 2. The summed E-state index contributed by atoms with van der Waals surface area (Å²) in [6.45, 7) is 3.63. The minimum atomic E-state index is -0.708. The van der Waals surface area contributed by atoms with Crippen molar-refractivity contribution in [2.45, 2.75) is 32.7 Å². The van der Waals surface area contributed by atoms with Crippen LogP contribution < -0.4 is 16.4 Å². The van der Waals surface area contributed by atoms with E-state index in [2.05, 4.69) is 10.6 Å². The lowest BCUT2D eigenvalue weighted by molar-refractivity contribution is -0.118. The van der Waals surface area contributed by atoms with Crippen molar-refractivity contribution >= 4 is 35.6 Å². The summed E-state index contributed by atoms with van der Waals surface area (Å²) < 4.78 is 13.9. The van der Waals surface area contributed by atoms with Crippen LogP contribution in [-0.2, 0) is 16.0 Å². The van der Waals surface area contributed by atoms with Crippen LogP contribution in [-0.4, -0.2) is 17.9 Å². The Bertz CT molecular complexity index is 563. The van der Waals surface area contributed by atoms with Gasteiger partial charge in [0.05, 0.1) is 11.7 Å². The summed E-state index contributed by atoms with van der Waals surface area (Å²) in [5, 5.41) is 5.13. The van der Waals surface area contributed by atoms with Gasteiger partial charge in [-0.05, 0) is 30.0 Å². The van der Waals surface area contributed by atoms with Gasteiger partial charge in [0.1, 0.15) is 5.82 Å². The Labute approximate surface area is 128 Å². The molecule has 1 aromatic rings. The van der Waals surface area contributed by atoms with Crippen molar-refractivity contribution in [3.05, 3.63) is 23.5 Å². The molecule has 0 aromatic heterocycles. The SMILES string of the molecule is CC(C)[C@@H](N)C(=O)Nc1cc2c(cc1F)CCC(=O)N2.Cl. The van der Waals surface area contributed by atoms with E-state index in [1.54, 1.807) is 0 Å². The predicted molar refractivity (Wildman–Crippen MR) is 82.0 cm³/mol. The third-order valence-corrected chi connectivity index (χ3v) is 3.37. The molecule has 0 unspecified atom stereocenters. The van der Waals surface area contributed by atoms with E-state index < -0.39 is 17.8 Å². The molecule has 1 atom stereocenters. The lowest BCUT2D eigenvalue weighted by Gasteiger charge is -2.20. The Balaban J connectivity index is 0.00000220. The highest BCUT2D eigenvalue weighted by Gasteiger charge is 2.21. The van der Waals surface area contributed by atoms with E-state index in [0.717, 1.165) is 5.56 Å². The number of aryl methyl sites for hydroxylation is 1. The number of hydrogen-bond donors (Lipinski definition) is 3. The van der Waals surface area contributed by atoms with Gasteiger partial charge in [-0.1, -0.05) is 13.8 Å². The monoisotopic (exact) mass is 315 g/mol. The maximum Gasteiger partial charge on any atom is 0.241 e. The summed E-state index contributed by atoms with van der Waals surface area (Å²) >= 11 is 0. The largest absolute Gasteiger partial charge is 0.326 e. The molecule has 0 saturated heterocycles. The highest BCUT2D eigenvalue weighted by atomic mass is 35.5. The van der Waals surface area contributed by atoms with Gasteiger partial charge in [-0.2, -0.15) is 0 Å². The van der Waals surface area contributed by atoms with Crippen molar-refractivity contribution in [2.75, 3.05) is 10.6 Å². The zero-order valence-corrected chi connectivity index (χ0v) is 12.7. The second-order valence-corrected chi connectivity index (χ2v) is 5.30. The number of fused-ring (bicyclic) bond motifs is 1. The van der Waals surface area contributed by atoms with Gasteiger partial charge in [-0.25, -0.2) is 4.39 Å². The first-order valence-electron chi connectivity index (χ1n) is 6.57. The Morgan fingerprint density at radius 3 is 2.67 bits per heavy atom. The summed E-state index contributed by atoms with van der Waals surface area (Å²) in [5.74, 6) is -1.12. The average Bonchev–Trinajstić information content (AvgIpc) is 2.39. The molecule has 1 aliphatic rings. The maximum atomic E-state index is 13.9. The highest BCUT2D eigenvalue weighted by molar-refractivity contribution is 5.98. The lowest BCUT2D eigenvalue weighted by Crippen LogP contribution is -2.40. The average molecular weight is 316 g/mol.